The van der Waals surface area contributed by atoms with Gasteiger partial charge < -0.3 is 14.4 Å². The fourth-order valence-electron chi connectivity index (χ4n) is 2.63. The maximum Gasteiger partial charge on any atom is 0.490 e. The molecule has 0 spiro atoms. The Kier molecular flexibility index (Phi) is 8.64. The van der Waals surface area contributed by atoms with Crippen molar-refractivity contribution in [2.75, 3.05) is 5.88 Å². The van der Waals surface area contributed by atoms with Gasteiger partial charge in [-0.2, -0.15) is 0 Å². The number of alkyl halides is 1. The van der Waals surface area contributed by atoms with Crippen molar-refractivity contribution in [1.29, 1.82) is 0 Å². The van der Waals surface area contributed by atoms with Crippen molar-refractivity contribution < 1.29 is 14.4 Å². The second-order valence-corrected chi connectivity index (χ2v) is 7.92. The second-order valence-electron chi connectivity index (χ2n) is 7.54. The first kappa shape index (κ1) is 21.0. The summed E-state index contributed by atoms with van der Waals surface area (Å²) in [6.07, 6.45) is 8.50. The molecule has 1 aliphatic heterocycles. The molecule has 1 rings (SSSR count). The second kappa shape index (κ2) is 9.46. The number of aliphatic hydroxyl groups is 1. The van der Waals surface area contributed by atoms with E-state index in [-0.39, 0.29) is 18.3 Å². The predicted molar refractivity (Wildman–Crippen MR) is 98.9 cm³/mol. The number of aliphatic hydroxyl groups excluding tert-OH is 1. The van der Waals surface area contributed by atoms with Crippen LogP contribution in [0.5, 0.6) is 0 Å². The number of hydrogen-bond donors (Lipinski definition) is 1. The molecule has 1 atom stereocenters. The molecule has 3 nitrogen and oxygen atoms in total. The van der Waals surface area contributed by atoms with Crippen LogP contribution in [0.4, 0.5) is 0 Å². The third-order valence-corrected chi connectivity index (χ3v) is 5.18. The highest BCUT2D eigenvalue weighted by molar-refractivity contribution is 6.54. The average Bonchev–Trinajstić information content (AvgIpc) is 2.67. The Morgan fingerprint density at radius 1 is 1.09 bits per heavy atom. The number of hydrogen-bond acceptors (Lipinski definition) is 3. The molecule has 0 radical (unpaired) electrons. The Bertz CT molecular complexity index is 366. The van der Waals surface area contributed by atoms with Gasteiger partial charge in [0.1, 0.15) is 0 Å². The van der Waals surface area contributed by atoms with Gasteiger partial charge in [0.15, 0.2) is 0 Å². The van der Waals surface area contributed by atoms with Crippen LogP contribution < -0.4 is 0 Å². The Labute approximate surface area is 147 Å². The van der Waals surface area contributed by atoms with E-state index in [2.05, 4.69) is 34.6 Å². The van der Waals surface area contributed by atoms with Crippen LogP contribution in [0.3, 0.4) is 0 Å². The van der Waals surface area contributed by atoms with E-state index in [1.54, 1.807) is 0 Å². The standard InChI is InChI=1S/C18H34BClO3/c1-6-7-8-12-16(21)14-15(11-9-10-13-20)19-22-17(2,3)18(4,5)23-19/h14,16,21H,6-13H2,1-5H3/b15-14+. The summed E-state index contributed by atoms with van der Waals surface area (Å²) in [7, 11) is -0.365. The molecule has 0 aromatic carbocycles. The zero-order valence-electron chi connectivity index (χ0n) is 15.5. The van der Waals surface area contributed by atoms with Crippen molar-refractivity contribution in [3.05, 3.63) is 11.5 Å². The number of rotatable bonds is 10. The Morgan fingerprint density at radius 3 is 2.22 bits per heavy atom. The van der Waals surface area contributed by atoms with Gasteiger partial charge >= 0.3 is 7.12 Å². The van der Waals surface area contributed by atoms with Gasteiger partial charge in [0.25, 0.3) is 0 Å². The van der Waals surface area contributed by atoms with Gasteiger partial charge in [0, 0.05) is 5.88 Å². The molecule has 23 heavy (non-hydrogen) atoms. The molecule has 0 bridgehead atoms. The summed E-state index contributed by atoms with van der Waals surface area (Å²) in [5.74, 6) is 0.662. The average molecular weight is 345 g/mol. The van der Waals surface area contributed by atoms with E-state index in [0.29, 0.717) is 5.88 Å². The molecule has 5 heteroatoms. The van der Waals surface area contributed by atoms with Crippen molar-refractivity contribution in [2.24, 2.45) is 0 Å². The first-order valence-electron chi connectivity index (χ1n) is 9.03. The first-order valence-corrected chi connectivity index (χ1v) is 9.57. The topological polar surface area (TPSA) is 38.7 Å². The number of allylic oxidation sites excluding steroid dienone is 1. The van der Waals surface area contributed by atoms with E-state index in [1.165, 1.54) is 0 Å². The number of unbranched alkanes of at least 4 members (excludes halogenated alkanes) is 3. The van der Waals surface area contributed by atoms with Crippen LogP contribution in [-0.2, 0) is 9.31 Å². The van der Waals surface area contributed by atoms with Crippen LogP contribution in [0.2, 0.25) is 0 Å². The van der Waals surface area contributed by atoms with E-state index < -0.39 is 6.10 Å². The van der Waals surface area contributed by atoms with Crippen molar-refractivity contribution in [1.82, 2.24) is 0 Å². The third-order valence-electron chi connectivity index (χ3n) is 4.91. The molecule has 1 heterocycles. The summed E-state index contributed by atoms with van der Waals surface area (Å²) in [6, 6.07) is 0. The molecule has 0 amide bonds. The first-order chi connectivity index (χ1) is 10.7. The molecule has 0 saturated carbocycles. The molecular weight excluding hydrogens is 310 g/mol. The lowest BCUT2D eigenvalue weighted by molar-refractivity contribution is 0.00578. The highest BCUT2D eigenvalue weighted by Crippen LogP contribution is 2.39. The highest BCUT2D eigenvalue weighted by Gasteiger charge is 2.52. The molecule has 0 aromatic rings. The largest absolute Gasteiger partial charge is 0.490 e. The van der Waals surface area contributed by atoms with Crippen molar-refractivity contribution in [2.45, 2.75) is 96.9 Å². The predicted octanol–water partition coefficient (Wildman–Crippen LogP) is 4.89. The minimum atomic E-state index is -0.424. The van der Waals surface area contributed by atoms with Gasteiger partial charge in [0.05, 0.1) is 17.3 Å². The van der Waals surface area contributed by atoms with E-state index in [9.17, 15) is 5.11 Å². The molecule has 0 aliphatic carbocycles. The van der Waals surface area contributed by atoms with Gasteiger partial charge in [-0.15, -0.1) is 11.6 Å². The fraction of sp³-hybridized carbons (Fsp3) is 0.889. The van der Waals surface area contributed by atoms with E-state index in [4.69, 9.17) is 20.9 Å². The van der Waals surface area contributed by atoms with E-state index in [0.717, 1.165) is 50.4 Å². The lowest BCUT2D eigenvalue weighted by Crippen LogP contribution is -2.41. The summed E-state index contributed by atoms with van der Waals surface area (Å²) >= 11 is 5.79. The van der Waals surface area contributed by atoms with Gasteiger partial charge in [0.2, 0.25) is 0 Å². The van der Waals surface area contributed by atoms with Gasteiger partial charge in [-0.05, 0) is 58.9 Å². The minimum absolute atomic E-state index is 0.351. The van der Waals surface area contributed by atoms with Crippen LogP contribution in [0.1, 0.15) is 79.6 Å². The Hall–Kier alpha value is -0.0251. The molecule has 0 aromatic heterocycles. The van der Waals surface area contributed by atoms with Crippen LogP contribution in [0.15, 0.2) is 11.5 Å². The lowest BCUT2D eigenvalue weighted by atomic mass is 9.74. The molecule has 134 valence electrons. The smallest absolute Gasteiger partial charge is 0.400 e. The Balaban J connectivity index is 2.76. The van der Waals surface area contributed by atoms with Crippen LogP contribution in [-0.4, -0.2) is 35.4 Å². The molecular formula is C18H34BClO3. The lowest BCUT2D eigenvalue weighted by Gasteiger charge is -2.32. The number of halogens is 1. The van der Waals surface area contributed by atoms with Gasteiger partial charge in [-0.3, -0.25) is 0 Å². The quantitative estimate of drug-likeness (QED) is 0.348. The Morgan fingerprint density at radius 2 is 1.70 bits per heavy atom. The van der Waals surface area contributed by atoms with E-state index >= 15 is 0 Å². The van der Waals surface area contributed by atoms with Crippen molar-refractivity contribution >= 4 is 18.7 Å². The summed E-state index contributed by atoms with van der Waals surface area (Å²) in [4.78, 5) is 0. The third kappa shape index (κ3) is 6.41. The SMILES string of the molecule is CCCCCC(O)/C=C(\CCCCCl)B1OC(C)(C)C(C)(C)O1. The van der Waals surface area contributed by atoms with Crippen LogP contribution in [0.25, 0.3) is 0 Å². The maximum atomic E-state index is 10.3. The summed E-state index contributed by atoms with van der Waals surface area (Å²) in [6.45, 7) is 10.4. The molecule has 1 unspecified atom stereocenters. The molecule has 1 saturated heterocycles. The fourth-order valence-corrected chi connectivity index (χ4v) is 2.82. The monoisotopic (exact) mass is 344 g/mol. The van der Waals surface area contributed by atoms with Crippen molar-refractivity contribution in [3.63, 3.8) is 0 Å². The van der Waals surface area contributed by atoms with Gasteiger partial charge in [-0.1, -0.05) is 32.3 Å². The highest BCUT2D eigenvalue weighted by atomic mass is 35.5. The zero-order valence-corrected chi connectivity index (χ0v) is 16.3. The molecule has 1 N–H and O–H groups in total. The molecule has 1 fully saturated rings. The summed E-state index contributed by atoms with van der Waals surface area (Å²) in [5.41, 5.74) is 0.352. The van der Waals surface area contributed by atoms with Crippen molar-refractivity contribution in [3.8, 4) is 0 Å². The zero-order chi connectivity index (χ0) is 17.5. The van der Waals surface area contributed by atoms with Gasteiger partial charge in [-0.25, -0.2) is 0 Å². The normalized spacial score (nSPS) is 21.7. The minimum Gasteiger partial charge on any atom is -0.400 e. The molecule has 1 aliphatic rings. The van der Waals surface area contributed by atoms with Crippen LogP contribution in [0, 0.1) is 0 Å². The van der Waals surface area contributed by atoms with Crippen LogP contribution >= 0.6 is 11.6 Å². The summed E-state index contributed by atoms with van der Waals surface area (Å²) in [5, 5.41) is 10.3. The van der Waals surface area contributed by atoms with E-state index in [1.807, 2.05) is 6.08 Å². The summed E-state index contributed by atoms with van der Waals surface area (Å²) < 4.78 is 12.3. The maximum absolute atomic E-state index is 10.3.